The average Bonchev–Trinajstić information content (AvgIpc) is 2.38. The minimum atomic E-state index is -3.76. The number of sulfonamides is 1. The number of carbonyl (C=O) groups is 1. The highest BCUT2D eigenvalue weighted by Gasteiger charge is 2.30. The molecular formula is C9H19N3O6S2. The minimum Gasteiger partial charge on any atom is -0.481 e. The molecular weight excluding hydrogens is 310 g/mol. The molecule has 11 heteroatoms. The van der Waals surface area contributed by atoms with Gasteiger partial charge in [0.05, 0.1) is 11.7 Å². The Morgan fingerprint density at radius 1 is 1.25 bits per heavy atom. The number of nitrogens with zero attached hydrogens (tertiary/aromatic N) is 1. The van der Waals surface area contributed by atoms with E-state index in [9.17, 15) is 21.6 Å². The molecule has 1 fully saturated rings. The first-order valence-corrected chi connectivity index (χ1v) is 9.16. The first-order chi connectivity index (χ1) is 9.18. The van der Waals surface area contributed by atoms with E-state index in [1.807, 2.05) is 0 Å². The first kappa shape index (κ1) is 17.3. The maximum absolute atomic E-state index is 11.9. The van der Waals surface area contributed by atoms with E-state index < -0.39 is 32.1 Å². The van der Waals surface area contributed by atoms with Crippen LogP contribution in [0.3, 0.4) is 0 Å². The summed E-state index contributed by atoms with van der Waals surface area (Å²) in [5.74, 6) is -1.80. The largest absolute Gasteiger partial charge is 0.481 e. The van der Waals surface area contributed by atoms with Crippen molar-refractivity contribution in [2.75, 3.05) is 32.4 Å². The molecule has 0 amide bonds. The lowest BCUT2D eigenvalue weighted by molar-refractivity contribution is -0.142. The van der Waals surface area contributed by atoms with Crippen LogP contribution in [0.25, 0.3) is 0 Å². The normalized spacial score (nSPS) is 19.1. The van der Waals surface area contributed by atoms with Crippen LogP contribution in [0.2, 0.25) is 0 Å². The van der Waals surface area contributed by atoms with Gasteiger partial charge in [-0.3, -0.25) is 4.79 Å². The Morgan fingerprint density at radius 3 is 2.25 bits per heavy atom. The molecule has 0 aromatic heterocycles. The molecule has 0 radical (unpaired) electrons. The molecule has 118 valence electrons. The van der Waals surface area contributed by atoms with Gasteiger partial charge in [0.25, 0.3) is 10.2 Å². The van der Waals surface area contributed by atoms with Gasteiger partial charge in [-0.2, -0.15) is 12.7 Å². The first-order valence-electron chi connectivity index (χ1n) is 6.07. The fraction of sp³-hybridized carbons (Fsp3) is 0.889. The summed E-state index contributed by atoms with van der Waals surface area (Å²) in [6, 6.07) is 0. The molecule has 0 saturated carbocycles. The van der Waals surface area contributed by atoms with Crippen LogP contribution in [0.4, 0.5) is 0 Å². The third kappa shape index (κ3) is 4.98. The van der Waals surface area contributed by atoms with E-state index in [1.54, 1.807) is 0 Å². The second-order valence-corrected chi connectivity index (χ2v) is 8.24. The van der Waals surface area contributed by atoms with Crippen molar-refractivity contribution < 1.29 is 26.7 Å². The predicted molar refractivity (Wildman–Crippen MR) is 71.7 cm³/mol. The van der Waals surface area contributed by atoms with E-state index in [1.165, 1.54) is 7.05 Å². The number of carboxylic acids is 1. The third-order valence-corrected chi connectivity index (χ3v) is 6.09. The summed E-state index contributed by atoms with van der Waals surface area (Å²) in [7, 11) is -5.98. The van der Waals surface area contributed by atoms with Crippen LogP contribution in [0.1, 0.15) is 12.8 Å². The van der Waals surface area contributed by atoms with Crippen molar-refractivity contribution in [3.05, 3.63) is 0 Å². The van der Waals surface area contributed by atoms with E-state index in [-0.39, 0.29) is 38.2 Å². The van der Waals surface area contributed by atoms with Gasteiger partial charge >= 0.3 is 5.97 Å². The second-order valence-electron chi connectivity index (χ2n) is 4.43. The van der Waals surface area contributed by atoms with Crippen LogP contribution in [0, 0.1) is 5.92 Å². The van der Waals surface area contributed by atoms with Crippen LogP contribution >= 0.6 is 0 Å². The lowest BCUT2D eigenvalue weighted by atomic mass is 9.99. The molecule has 1 heterocycles. The van der Waals surface area contributed by atoms with Crippen LogP contribution in [-0.2, 0) is 25.0 Å². The highest BCUT2D eigenvalue weighted by molar-refractivity contribution is 7.89. The molecule has 1 rings (SSSR count). The van der Waals surface area contributed by atoms with E-state index in [0.717, 1.165) is 4.31 Å². The molecule has 0 aliphatic carbocycles. The highest BCUT2D eigenvalue weighted by atomic mass is 32.2. The van der Waals surface area contributed by atoms with Crippen molar-refractivity contribution in [1.29, 1.82) is 0 Å². The predicted octanol–water partition coefficient (Wildman–Crippen LogP) is -1.83. The fourth-order valence-corrected chi connectivity index (χ4v) is 3.78. The Hall–Kier alpha value is -0.750. The quantitative estimate of drug-likeness (QED) is 0.503. The Balaban J connectivity index is 2.48. The zero-order valence-corrected chi connectivity index (χ0v) is 12.7. The molecule has 9 nitrogen and oxygen atoms in total. The SMILES string of the molecule is CNS(=O)(=O)CCNS(=O)(=O)N1CCC(C(=O)O)CC1. The van der Waals surface area contributed by atoms with Gasteiger partial charge in [-0.05, 0) is 19.9 Å². The standard InChI is InChI=1S/C9H19N3O6S2/c1-10-19(15,16)7-4-11-20(17,18)12-5-2-8(3-6-12)9(13)14/h8,10-11H,2-7H2,1H3,(H,13,14). The summed E-state index contributed by atoms with van der Waals surface area (Å²) in [6.45, 7) is 0.000517. The van der Waals surface area contributed by atoms with Gasteiger partial charge in [-0.15, -0.1) is 0 Å². The molecule has 1 saturated heterocycles. The lowest BCUT2D eigenvalue weighted by Gasteiger charge is -2.29. The van der Waals surface area contributed by atoms with E-state index in [4.69, 9.17) is 5.11 Å². The maximum Gasteiger partial charge on any atom is 0.306 e. The van der Waals surface area contributed by atoms with Crippen molar-refractivity contribution >= 4 is 26.2 Å². The van der Waals surface area contributed by atoms with Crippen molar-refractivity contribution in [2.45, 2.75) is 12.8 Å². The highest BCUT2D eigenvalue weighted by Crippen LogP contribution is 2.18. The van der Waals surface area contributed by atoms with Crippen molar-refractivity contribution in [3.63, 3.8) is 0 Å². The second kappa shape index (κ2) is 6.80. The zero-order chi connectivity index (χ0) is 15.4. The van der Waals surface area contributed by atoms with E-state index in [2.05, 4.69) is 9.44 Å². The van der Waals surface area contributed by atoms with Gasteiger partial charge in [0.15, 0.2) is 0 Å². The summed E-state index contributed by atoms with van der Waals surface area (Å²) in [5.41, 5.74) is 0. The molecule has 0 aromatic rings. The van der Waals surface area contributed by atoms with Gasteiger partial charge in [0.1, 0.15) is 0 Å². The number of aliphatic carboxylic acids is 1. The smallest absolute Gasteiger partial charge is 0.306 e. The monoisotopic (exact) mass is 329 g/mol. The Bertz CT molecular complexity index is 536. The fourth-order valence-electron chi connectivity index (χ4n) is 1.84. The average molecular weight is 329 g/mol. The van der Waals surface area contributed by atoms with Crippen LogP contribution in [0.15, 0.2) is 0 Å². The van der Waals surface area contributed by atoms with Gasteiger partial charge < -0.3 is 5.11 Å². The Morgan fingerprint density at radius 2 is 1.80 bits per heavy atom. The molecule has 0 atom stereocenters. The van der Waals surface area contributed by atoms with Gasteiger partial charge in [0.2, 0.25) is 10.0 Å². The molecule has 1 aliphatic heterocycles. The molecule has 0 spiro atoms. The van der Waals surface area contributed by atoms with Gasteiger partial charge in [0, 0.05) is 19.6 Å². The van der Waals surface area contributed by atoms with Crippen molar-refractivity contribution in [2.24, 2.45) is 5.92 Å². The van der Waals surface area contributed by atoms with E-state index in [0.29, 0.717) is 0 Å². The minimum absolute atomic E-state index is 0.116. The summed E-state index contributed by atoms with van der Waals surface area (Å²) in [6.07, 6.45) is 0.510. The maximum atomic E-state index is 11.9. The third-order valence-electron chi connectivity index (χ3n) is 3.11. The van der Waals surface area contributed by atoms with Crippen LogP contribution in [-0.4, -0.2) is 64.7 Å². The van der Waals surface area contributed by atoms with Crippen molar-refractivity contribution in [1.82, 2.24) is 13.7 Å². The number of carboxylic acid groups (broad SMARTS) is 1. The van der Waals surface area contributed by atoms with Crippen LogP contribution < -0.4 is 9.44 Å². The number of nitrogens with one attached hydrogen (secondary N) is 2. The number of piperidine rings is 1. The lowest BCUT2D eigenvalue weighted by Crippen LogP contribution is -2.47. The summed E-state index contributed by atoms with van der Waals surface area (Å²) in [5, 5.41) is 8.83. The number of rotatable bonds is 7. The summed E-state index contributed by atoms with van der Waals surface area (Å²) >= 11 is 0. The van der Waals surface area contributed by atoms with Gasteiger partial charge in [-0.25, -0.2) is 17.9 Å². The molecule has 20 heavy (non-hydrogen) atoms. The Kier molecular flexibility index (Phi) is 5.89. The molecule has 3 N–H and O–H groups in total. The van der Waals surface area contributed by atoms with E-state index >= 15 is 0 Å². The topological polar surface area (TPSA) is 133 Å². The summed E-state index contributed by atoms with van der Waals surface area (Å²) in [4.78, 5) is 10.8. The summed E-state index contributed by atoms with van der Waals surface area (Å²) < 4.78 is 51.5. The van der Waals surface area contributed by atoms with Crippen LogP contribution in [0.5, 0.6) is 0 Å². The number of hydrogen-bond acceptors (Lipinski definition) is 5. The van der Waals surface area contributed by atoms with Crippen molar-refractivity contribution in [3.8, 4) is 0 Å². The van der Waals surface area contributed by atoms with Gasteiger partial charge in [-0.1, -0.05) is 0 Å². The molecule has 0 unspecified atom stereocenters. The zero-order valence-electron chi connectivity index (χ0n) is 11.1. The molecule has 0 bridgehead atoms. The molecule has 1 aliphatic rings. The molecule has 0 aromatic carbocycles. The Labute approximate surface area is 118 Å². The number of hydrogen-bond donors (Lipinski definition) is 3.